The molecule has 0 fully saturated rings. The van der Waals surface area contributed by atoms with Crippen LogP contribution in [-0.4, -0.2) is 22.9 Å². The van der Waals surface area contributed by atoms with E-state index in [0.717, 1.165) is 11.3 Å². The van der Waals surface area contributed by atoms with Gasteiger partial charge in [0.25, 0.3) is 0 Å². The quantitative estimate of drug-likeness (QED) is 0.717. The van der Waals surface area contributed by atoms with Gasteiger partial charge in [0.1, 0.15) is 19.3 Å². The van der Waals surface area contributed by atoms with Crippen molar-refractivity contribution >= 4 is 13.3 Å². The first-order valence-electron chi connectivity index (χ1n) is 5.32. The number of H-pyrrole nitrogens is 1. The molecule has 0 aliphatic rings. The maximum Gasteiger partial charge on any atom is 0.139 e. The summed E-state index contributed by atoms with van der Waals surface area (Å²) in [6.07, 6.45) is 1.82. The van der Waals surface area contributed by atoms with E-state index in [1.165, 1.54) is 5.46 Å². The van der Waals surface area contributed by atoms with Gasteiger partial charge in [0.05, 0.1) is 5.69 Å². The maximum atomic E-state index is 9.80. The third-order valence-corrected chi connectivity index (χ3v) is 2.50. The van der Waals surface area contributed by atoms with Gasteiger partial charge in [-0.05, 0) is 13.8 Å². The van der Waals surface area contributed by atoms with Crippen LogP contribution in [0.1, 0.15) is 19.7 Å². The largest absolute Gasteiger partial charge is 0.383 e. The molecule has 2 rings (SSSR count). The minimum Gasteiger partial charge on any atom is -0.383 e. The number of aromatic amines is 1. The smallest absolute Gasteiger partial charge is 0.139 e. The fraction of sp³-hybridized carbons (Fsp3) is 0.250. The minimum absolute atomic E-state index is 0.586. The van der Waals surface area contributed by atoms with E-state index in [9.17, 15) is 5.11 Å². The molecule has 1 aromatic heterocycles. The van der Waals surface area contributed by atoms with Gasteiger partial charge in [-0.25, -0.2) is 4.98 Å². The van der Waals surface area contributed by atoms with E-state index >= 15 is 0 Å². The molecule has 16 heavy (non-hydrogen) atoms. The molecule has 3 nitrogen and oxygen atoms in total. The molecule has 0 saturated heterocycles. The van der Waals surface area contributed by atoms with Crippen molar-refractivity contribution < 1.29 is 5.11 Å². The van der Waals surface area contributed by atoms with Crippen LogP contribution >= 0.6 is 0 Å². The highest BCUT2D eigenvalue weighted by molar-refractivity contribution is 6.32. The molecular weight excluding hydrogens is 199 g/mol. The first-order chi connectivity index (χ1) is 7.47. The van der Waals surface area contributed by atoms with Gasteiger partial charge in [-0.2, -0.15) is 0 Å². The zero-order chi connectivity index (χ0) is 11.8. The number of rotatable bonds is 2. The average molecular weight is 214 g/mol. The van der Waals surface area contributed by atoms with Crippen LogP contribution in [0.3, 0.4) is 0 Å². The second-order valence-corrected chi connectivity index (χ2v) is 4.56. The van der Waals surface area contributed by atoms with E-state index in [4.69, 9.17) is 0 Å². The number of nitrogens with one attached hydrogen (secondary N) is 1. The molecule has 0 atom stereocenters. The Morgan fingerprint density at radius 3 is 2.38 bits per heavy atom. The Labute approximate surface area is 96.0 Å². The van der Waals surface area contributed by atoms with Crippen molar-refractivity contribution in [2.24, 2.45) is 0 Å². The van der Waals surface area contributed by atoms with Gasteiger partial charge in [-0.3, -0.25) is 0 Å². The number of hydrogen-bond acceptors (Lipinski definition) is 2. The van der Waals surface area contributed by atoms with Crippen LogP contribution in [0.4, 0.5) is 0 Å². The number of aromatic nitrogens is 2. The molecule has 0 spiro atoms. The number of imidazole rings is 1. The summed E-state index contributed by atoms with van der Waals surface area (Å²) in [6, 6.07) is 8.15. The second kappa shape index (κ2) is 3.79. The first kappa shape index (κ1) is 11.0. The third-order valence-electron chi connectivity index (χ3n) is 2.50. The Morgan fingerprint density at radius 2 is 1.88 bits per heavy atom. The SMILES string of the molecule is Bc1ccc(-c2c[nH]c(C(C)(C)O)n2)cc1. The van der Waals surface area contributed by atoms with Crippen LogP contribution in [0.2, 0.25) is 0 Å². The summed E-state index contributed by atoms with van der Waals surface area (Å²) in [4.78, 5) is 7.37. The van der Waals surface area contributed by atoms with Crippen molar-refractivity contribution in [2.45, 2.75) is 19.4 Å². The predicted octanol–water partition coefficient (Wildman–Crippen LogP) is 0.562. The van der Waals surface area contributed by atoms with E-state index in [0.29, 0.717) is 5.82 Å². The fourth-order valence-corrected chi connectivity index (χ4v) is 1.51. The van der Waals surface area contributed by atoms with Gasteiger partial charge in [-0.1, -0.05) is 29.7 Å². The van der Waals surface area contributed by atoms with Gasteiger partial charge >= 0.3 is 0 Å². The highest BCUT2D eigenvalue weighted by Crippen LogP contribution is 2.21. The molecule has 4 heteroatoms. The minimum atomic E-state index is -0.928. The van der Waals surface area contributed by atoms with Crippen molar-refractivity contribution in [1.29, 1.82) is 0 Å². The number of hydrogen-bond donors (Lipinski definition) is 2. The molecule has 2 aromatic rings. The summed E-state index contributed by atoms with van der Waals surface area (Å²) < 4.78 is 0. The second-order valence-electron chi connectivity index (χ2n) is 4.56. The van der Waals surface area contributed by atoms with Crippen molar-refractivity contribution in [3.05, 3.63) is 36.3 Å². The average Bonchev–Trinajstić information content (AvgIpc) is 2.67. The Morgan fingerprint density at radius 1 is 1.25 bits per heavy atom. The molecule has 0 unspecified atom stereocenters. The third kappa shape index (κ3) is 2.17. The van der Waals surface area contributed by atoms with Crippen LogP contribution in [0, 0.1) is 0 Å². The standard InChI is InChI=1S/C12H15BN2O/c1-12(2,16)11-14-7-10(15-11)8-3-5-9(13)6-4-8/h3-7,16H,13H2,1-2H3,(H,14,15). The van der Waals surface area contributed by atoms with E-state index in [-0.39, 0.29) is 0 Å². The number of nitrogens with zero attached hydrogens (tertiary/aromatic N) is 1. The number of benzene rings is 1. The van der Waals surface area contributed by atoms with E-state index in [2.05, 4.69) is 17.8 Å². The van der Waals surface area contributed by atoms with Crippen LogP contribution < -0.4 is 5.46 Å². The zero-order valence-corrected chi connectivity index (χ0v) is 9.78. The molecule has 0 amide bonds. The van der Waals surface area contributed by atoms with E-state index in [1.807, 2.05) is 30.5 Å². The lowest BCUT2D eigenvalue weighted by molar-refractivity contribution is 0.0697. The van der Waals surface area contributed by atoms with Gasteiger partial charge in [0.15, 0.2) is 0 Å². The summed E-state index contributed by atoms with van der Waals surface area (Å²) >= 11 is 0. The normalized spacial score (nSPS) is 11.7. The van der Waals surface area contributed by atoms with Crippen LogP contribution in [0.5, 0.6) is 0 Å². The highest BCUT2D eigenvalue weighted by Gasteiger charge is 2.19. The number of aliphatic hydroxyl groups is 1. The van der Waals surface area contributed by atoms with Crippen molar-refractivity contribution in [2.75, 3.05) is 0 Å². The van der Waals surface area contributed by atoms with Crippen LogP contribution in [0.15, 0.2) is 30.5 Å². The van der Waals surface area contributed by atoms with Gasteiger partial charge < -0.3 is 10.1 Å². The molecule has 0 aliphatic heterocycles. The topological polar surface area (TPSA) is 48.9 Å². The van der Waals surface area contributed by atoms with Gasteiger partial charge in [-0.15, -0.1) is 0 Å². The summed E-state index contributed by atoms with van der Waals surface area (Å²) in [5, 5.41) is 9.80. The monoisotopic (exact) mass is 214 g/mol. The molecular formula is C12H15BN2O. The lowest BCUT2D eigenvalue weighted by atomic mass is 9.95. The summed E-state index contributed by atoms with van der Waals surface area (Å²) in [6.45, 7) is 3.43. The Balaban J connectivity index is 2.35. The highest BCUT2D eigenvalue weighted by atomic mass is 16.3. The van der Waals surface area contributed by atoms with Crippen molar-refractivity contribution in [3.8, 4) is 11.3 Å². The van der Waals surface area contributed by atoms with Crippen molar-refractivity contribution in [1.82, 2.24) is 9.97 Å². The fourth-order valence-electron chi connectivity index (χ4n) is 1.51. The van der Waals surface area contributed by atoms with Crippen LogP contribution in [-0.2, 0) is 5.60 Å². The van der Waals surface area contributed by atoms with Crippen molar-refractivity contribution in [3.63, 3.8) is 0 Å². The zero-order valence-electron chi connectivity index (χ0n) is 9.78. The van der Waals surface area contributed by atoms with E-state index < -0.39 is 5.60 Å². The molecule has 0 bridgehead atoms. The molecule has 0 radical (unpaired) electrons. The molecule has 0 saturated carbocycles. The molecule has 1 aromatic carbocycles. The lowest BCUT2D eigenvalue weighted by Crippen LogP contribution is -2.17. The van der Waals surface area contributed by atoms with E-state index in [1.54, 1.807) is 13.8 Å². The molecule has 82 valence electrons. The summed E-state index contributed by atoms with van der Waals surface area (Å²) in [5.41, 5.74) is 2.21. The lowest BCUT2D eigenvalue weighted by Gasteiger charge is -2.12. The van der Waals surface area contributed by atoms with Crippen LogP contribution in [0.25, 0.3) is 11.3 Å². The Kier molecular flexibility index (Phi) is 2.60. The maximum absolute atomic E-state index is 9.80. The molecule has 1 heterocycles. The predicted molar refractivity (Wildman–Crippen MR) is 67.4 cm³/mol. The van der Waals surface area contributed by atoms with Gasteiger partial charge in [0, 0.05) is 11.8 Å². The Hall–Kier alpha value is -1.55. The summed E-state index contributed by atoms with van der Waals surface area (Å²) in [5.74, 6) is 0.586. The Bertz CT molecular complexity index is 482. The summed E-state index contributed by atoms with van der Waals surface area (Å²) in [7, 11) is 2.05. The molecule has 2 N–H and O–H groups in total. The first-order valence-corrected chi connectivity index (χ1v) is 5.32. The molecule has 0 aliphatic carbocycles. The van der Waals surface area contributed by atoms with Gasteiger partial charge in [0.2, 0.25) is 0 Å².